The highest BCUT2D eigenvalue weighted by Crippen LogP contribution is 2.29. The first-order valence-corrected chi connectivity index (χ1v) is 8.86. The number of hydrogen-bond donors (Lipinski definition) is 2. The highest BCUT2D eigenvalue weighted by molar-refractivity contribution is 6.35. The molecule has 2 aliphatic heterocycles. The van der Waals surface area contributed by atoms with Crippen molar-refractivity contribution in [2.24, 2.45) is 0 Å². The topological polar surface area (TPSA) is 87.5 Å². The van der Waals surface area contributed by atoms with Crippen LogP contribution in [-0.2, 0) is 0 Å². The van der Waals surface area contributed by atoms with E-state index in [4.69, 9.17) is 16.6 Å². The fourth-order valence-electron chi connectivity index (χ4n) is 3.85. The van der Waals surface area contributed by atoms with E-state index in [2.05, 4.69) is 5.32 Å². The van der Waals surface area contributed by atoms with E-state index < -0.39 is 6.09 Å². The highest BCUT2D eigenvalue weighted by atomic mass is 35.5. The molecule has 1 aromatic heterocycles. The fourth-order valence-corrected chi connectivity index (χ4v) is 4.10. The summed E-state index contributed by atoms with van der Waals surface area (Å²) in [6, 6.07) is 5.06. The second-order valence-corrected chi connectivity index (χ2v) is 7.01. The van der Waals surface area contributed by atoms with Crippen molar-refractivity contribution in [2.75, 3.05) is 19.6 Å². The van der Waals surface area contributed by atoms with Crippen LogP contribution in [0.5, 0.6) is 0 Å². The number of hydrogen-bond acceptors (Lipinski definition) is 4. The number of benzene rings is 1. The molecule has 7 nitrogen and oxygen atoms in total. The van der Waals surface area contributed by atoms with Gasteiger partial charge in [0.1, 0.15) is 5.82 Å². The molecular formula is C17H19ClN4O3. The molecule has 1 aromatic carbocycles. The number of halogens is 1. The Morgan fingerprint density at radius 2 is 2.20 bits per heavy atom. The number of likely N-dealkylation sites (tertiary alicyclic amines) is 1. The SMILES string of the molecule is O=C(O)N1CCC(n2c(C3CCCN3)nc3cccc(Cl)c3c2=O)C1. The molecule has 0 radical (unpaired) electrons. The van der Waals surface area contributed by atoms with Gasteiger partial charge in [-0.05, 0) is 37.9 Å². The van der Waals surface area contributed by atoms with Gasteiger partial charge in [0.05, 0.1) is 28.0 Å². The molecule has 1 amide bonds. The van der Waals surface area contributed by atoms with Crippen LogP contribution in [0, 0.1) is 0 Å². The molecule has 2 saturated heterocycles. The lowest BCUT2D eigenvalue weighted by molar-refractivity contribution is 0.154. The van der Waals surface area contributed by atoms with Gasteiger partial charge < -0.3 is 15.3 Å². The van der Waals surface area contributed by atoms with Crippen molar-refractivity contribution in [3.8, 4) is 0 Å². The number of amides is 1. The second-order valence-electron chi connectivity index (χ2n) is 6.60. The number of fused-ring (bicyclic) bond motifs is 1. The van der Waals surface area contributed by atoms with E-state index >= 15 is 0 Å². The Morgan fingerprint density at radius 3 is 2.88 bits per heavy atom. The third-order valence-corrected chi connectivity index (χ3v) is 5.39. The smallest absolute Gasteiger partial charge is 0.407 e. The predicted octanol–water partition coefficient (Wildman–Crippen LogP) is 2.40. The van der Waals surface area contributed by atoms with Crippen LogP contribution < -0.4 is 10.9 Å². The fraction of sp³-hybridized carbons (Fsp3) is 0.471. The monoisotopic (exact) mass is 362 g/mol. The molecule has 0 spiro atoms. The van der Waals surface area contributed by atoms with Crippen molar-refractivity contribution in [3.05, 3.63) is 39.4 Å². The van der Waals surface area contributed by atoms with Gasteiger partial charge in [-0.25, -0.2) is 9.78 Å². The second kappa shape index (κ2) is 6.31. The summed E-state index contributed by atoms with van der Waals surface area (Å²) in [6.45, 7) is 1.61. The first kappa shape index (κ1) is 16.4. The number of nitrogens with one attached hydrogen (secondary N) is 1. The highest BCUT2D eigenvalue weighted by Gasteiger charge is 2.32. The molecule has 3 heterocycles. The van der Waals surface area contributed by atoms with Gasteiger partial charge in [-0.15, -0.1) is 0 Å². The minimum Gasteiger partial charge on any atom is -0.465 e. The van der Waals surface area contributed by atoms with E-state index in [1.807, 2.05) is 0 Å². The molecule has 2 aliphatic rings. The lowest BCUT2D eigenvalue weighted by Gasteiger charge is -2.23. The molecule has 2 aromatic rings. The zero-order chi connectivity index (χ0) is 17.6. The molecule has 8 heteroatoms. The summed E-state index contributed by atoms with van der Waals surface area (Å²) in [7, 11) is 0. The van der Waals surface area contributed by atoms with Gasteiger partial charge in [-0.1, -0.05) is 17.7 Å². The molecule has 0 saturated carbocycles. The third-order valence-electron chi connectivity index (χ3n) is 5.08. The Labute approximate surface area is 149 Å². The lowest BCUT2D eigenvalue weighted by Crippen LogP contribution is -2.35. The van der Waals surface area contributed by atoms with Crippen LogP contribution >= 0.6 is 11.6 Å². The van der Waals surface area contributed by atoms with Crippen molar-refractivity contribution >= 4 is 28.6 Å². The summed E-state index contributed by atoms with van der Waals surface area (Å²) < 4.78 is 1.68. The van der Waals surface area contributed by atoms with Crippen LogP contribution in [0.1, 0.15) is 37.2 Å². The van der Waals surface area contributed by atoms with Gasteiger partial charge in [-0.2, -0.15) is 0 Å². The standard InChI is InChI=1S/C17H19ClN4O3/c18-11-3-1-4-12-14(11)16(23)22(10-6-8-21(9-10)17(24)25)15(20-12)13-5-2-7-19-13/h1,3-4,10,13,19H,2,5-9H2,(H,24,25). The molecule has 132 valence electrons. The Balaban J connectivity index is 1.89. The lowest BCUT2D eigenvalue weighted by atomic mass is 10.1. The zero-order valence-corrected chi connectivity index (χ0v) is 14.4. The van der Waals surface area contributed by atoms with Crippen molar-refractivity contribution in [1.82, 2.24) is 19.8 Å². The van der Waals surface area contributed by atoms with E-state index in [1.165, 1.54) is 4.90 Å². The first-order valence-electron chi connectivity index (χ1n) is 8.48. The molecule has 2 unspecified atom stereocenters. The Bertz CT molecular complexity index is 891. The summed E-state index contributed by atoms with van der Waals surface area (Å²) in [6.07, 6.45) is 1.58. The van der Waals surface area contributed by atoms with E-state index in [9.17, 15) is 14.7 Å². The number of nitrogens with zero attached hydrogens (tertiary/aromatic N) is 3. The molecule has 2 atom stereocenters. The van der Waals surface area contributed by atoms with Crippen LogP contribution in [0.4, 0.5) is 4.79 Å². The number of rotatable bonds is 2. The molecule has 0 aliphatic carbocycles. The summed E-state index contributed by atoms with van der Waals surface area (Å²) >= 11 is 6.26. The number of carbonyl (C=O) groups is 1. The Morgan fingerprint density at radius 1 is 1.36 bits per heavy atom. The molecule has 4 rings (SSSR count). The normalized spacial score (nSPS) is 23.5. The van der Waals surface area contributed by atoms with E-state index in [-0.39, 0.29) is 17.6 Å². The minimum absolute atomic E-state index is 0.00922. The van der Waals surface area contributed by atoms with Crippen molar-refractivity contribution in [2.45, 2.75) is 31.3 Å². The van der Waals surface area contributed by atoms with Crippen LogP contribution in [0.3, 0.4) is 0 Å². The van der Waals surface area contributed by atoms with E-state index in [1.54, 1.807) is 22.8 Å². The van der Waals surface area contributed by atoms with Gasteiger partial charge in [0.2, 0.25) is 0 Å². The van der Waals surface area contributed by atoms with Crippen molar-refractivity contribution in [3.63, 3.8) is 0 Å². The molecule has 0 bridgehead atoms. The molecule has 25 heavy (non-hydrogen) atoms. The van der Waals surface area contributed by atoms with Crippen molar-refractivity contribution < 1.29 is 9.90 Å². The van der Waals surface area contributed by atoms with Crippen LogP contribution in [0.25, 0.3) is 10.9 Å². The summed E-state index contributed by atoms with van der Waals surface area (Å²) in [4.78, 5) is 30.6. The number of carboxylic acid groups (broad SMARTS) is 1. The maximum absolute atomic E-state index is 13.2. The maximum atomic E-state index is 13.2. The summed E-state index contributed by atoms with van der Waals surface area (Å²) in [5, 5.41) is 13.4. The van der Waals surface area contributed by atoms with Crippen LogP contribution in [-0.4, -0.2) is 45.3 Å². The average molecular weight is 363 g/mol. The third kappa shape index (κ3) is 2.77. The molecule has 2 N–H and O–H groups in total. The van der Waals surface area contributed by atoms with Gasteiger partial charge in [0.15, 0.2) is 0 Å². The average Bonchev–Trinajstić information content (AvgIpc) is 3.26. The van der Waals surface area contributed by atoms with Crippen LogP contribution in [0.2, 0.25) is 5.02 Å². The minimum atomic E-state index is -0.956. The summed E-state index contributed by atoms with van der Waals surface area (Å²) in [5.74, 6) is 0.689. The first-order chi connectivity index (χ1) is 12.1. The van der Waals surface area contributed by atoms with E-state index in [0.29, 0.717) is 41.3 Å². The quantitative estimate of drug-likeness (QED) is 0.856. The maximum Gasteiger partial charge on any atom is 0.407 e. The zero-order valence-electron chi connectivity index (χ0n) is 13.6. The van der Waals surface area contributed by atoms with Gasteiger partial charge >= 0.3 is 6.09 Å². The van der Waals surface area contributed by atoms with Crippen LogP contribution in [0.15, 0.2) is 23.0 Å². The largest absolute Gasteiger partial charge is 0.465 e. The van der Waals surface area contributed by atoms with Crippen molar-refractivity contribution in [1.29, 1.82) is 0 Å². The molecule has 2 fully saturated rings. The molecular weight excluding hydrogens is 344 g/mol. The Hall–Kier alpha value is -2.12. The number of aromatic nitrogens is 2. The van der Waals surface area contributed by atoms with E-state index in [0.717, 1.165) is 19.4 Å². The predicted molar refractivity (Wildman–Crippen MR) is 94.2 cm³/mol. The summed E-state index contributed by atoms with van der Waals surface area (Å²) in [5.41, 5.74) is 0.405. The van der Waals surface area contributed by atoms with Gasteiger partial charge in [0, 0.05) is 13.1 Å². The van der Waals surface area contributed by atoms with Gasteiger partial charge in [0.25, 0.3) is 5.56 Å². The van der Waals surface area contributed by atoms with Gasteiger partial charge in [-0.3, -0.25) is 9.36 Å². The Kier molecular flexibility index (Phi) is 4.13.